The van der Waals surface area contributed by atoms with Crippen LogP contribution in [0.1, 0.15) is 0 Å². The predicted octanol–water partition coefficient (Wildman–Crippen LogP) is -0.445. The van der Waals surface area contributed by atoms with E-state index in [1.807, 2.05) is 0 Å². The van der Waals surface area contributed by atoms with E-state index in [2.05, 4.69) is 0 Å². The Kier molecular flexibility index (Phi) is 4.71. The maximum absolute atomic E-state index is 11.0. The summed E-state index contributed by atoms with van der Waals surface area (Å²) in [4.78, 5) is 9.32. The molecule has 0 aromatic rings. The van der Waals surface area contributed by atoms with E-state index in [1.54, 1.807) is 10.8 Å². The smallest absolute Gasteiger partial charge is 0.189 e. The van der Waals surface area contributed by atoms with Gasteiger partial charge in [0, 0.05) is 11.8 Å². The number of carbonyl (C=O) groups is 1. The third-order valence-electron chi connectivity index (χ3n) is 0.918. The Morgan fingerprint density at radius 3 is 2.42 bits per heavy atom. The van der Waals surface area contributed by atoms with Crippen LogP contribution < -0.4 is 11.5 Å². The highest BCUT2D eigenvalue weighted by molar-refractivity contribution is 8.06. The lowest BCUT2D eigenvalue weighted by atomic mass is 10.4. The zero-order valence-electron chi connectivity index (χ0n) is 5.98. The Labute approximate surface area is 78.1 Å². The number of nitrogens with two attached hydrogens (primary N) is 2. The van der Waals surface area contributed by atoms with Gasteiger partial charge in [-0.25, -0.2) is 0 Å². The lowest BCUT2D eigenvalue weighted by molar-refractivity contribution is -0.118. The van der Waals surface area contributed by atoms with Crippen molar-refractivity contribution in [3.05, 3.63) is 0 Å². The zero-order valence-corrected chi connectivity index (χ0v) is 7.61. The van der Waals surface area contributed by atoms with Crippen molar-refractivity contribution in [3.8, 4) is 10.8 Å². The molecule has 5 nitrogen and oxygen atoms in total. The summed E-state index contributed by atoms with van der Waals surface area (Å²) in [6.45, 7) is 0. The Morgan fingerprint density at radius 1 is 1.42 bits per heavy atom. The highest BCUT2D eigenvalue weighted by Gasteiger charge is 2.29. The molecule has 0 radical (unpaired) electrons. The number of ketones is 1. The second-order valence-corrected chi connectivity index (χ2v) is 3.61. The van der Waals surface area contributed by atoms with E-state index < -0.39 is 10.8 Å². The second kappa shape index (κ2) is 5.01. The van der Waals surface area contributed by atoms with Crippen molar-refractivity contribution in [3.63, 3.8) is 0 Å². The van der Waals surface area contributed by atoms with Gasteiger partial charge in [0.05, 0.1) is 5.75 Å². The summed E-state index contributed by atoms with van der Waals surface area (Å²) in [6, 6.07) is 0. The molecular formula is C5H6N4OS2. The normalized spacial score (nSPS) is 10.0. The SMILES string of the molecule is N#CSCC(=O)C(N)(N)SC#N. The fraction of sp³-hybridized carbons (Fsp3) is 0.400. The summed E-state index contributed by atoms with van der Waals surface area (Å²) in [5.74, 6) is -0.626. The Bertz CT molecular complexity index is 251. The fourth-order valence-corrected chi connectivity index (χ4v) is 1.21. The highest BCUT2D eigenvalue weighted by atomic mass is 32.2. The molecule has 0 aliphatic rings. The number of thiocyanates is 2. The third kappa shape index (κ3) is 3.60. The third-order valence-corrected chi connectivity index (χ3v) is 2.11. The standard InChI is InChI=1S/C5H6N4OS2/c6-2-11-1-4(10)5(8,9)12-3-7/h1,8-9H2. The number of nitriles is 2. The van der Waals surface area contributed by atoms with Gasteiger partial charge in [0.25, 0.3) is 0 Å². The summed E-state index contributed by atoms with van der Waals surface area (Å²) in [5.41, 5.74) is 10.5. The summed E-state index contributed by atoms with van der Waals surface area (Å²) in [6.07, 6.45) is 0. The number of hydrogen-bond acceptors (Lipinski definition) is 7. The van der Waals surface area contributed by atoms with Crippen molar-refractivity contribution in [1.29, 1.82) is 10.5 Å². The molecule has 0 heterocycles. The van der Waals surface area contributed by atoms with Gasteiger partial charge in [0.2, 0.25) is 0 Å². The molecule has 0 rings (SSSR count). The summed E-state index contributed by atoms with van der Waals surface area (Å²) < 4.78 is 0. The number of thioether (sulfide) groups is 2. The van der Waals surface area contributed by atoms with E-state index in [0.717, 1.165) is 11.8 Å². The minimum Gasteiger partial charge on any atom is -0.298 e. The first-order valence-electron chi connectivity index (χ1n) is 2.73. The van der Waals surface area contributed by atoms with Gasteiger partial charge in [0.15, 0.2) is 10.8 Å². The van der Waals surface area contributed by atoms with Crippen LogP contribution >= 0.6 is 23.5 Å². The van der Waals surface area contributed by atoms with Crippen LogP contribution in [0.15, 0.2) is 0 Å². The van der Waals surface area contributed by atoms with Crippen LogP contribution in [-0.2, 0) is 4.79 Å². The van der Waals surface area contributed by atoms with E-state index in [9.17, 15) is 4.79 Å². The predicted molar refractivity (Wildman–Crippen MR) is 47.4 cm³/mol. The second-order valence-electron chi connectivity index (χ2n) is 1.79. The Morgan fingerprint density at radius 2 is 2.00 bits per heavy atom. The van der Waals surface area contributed by atoms with Gasteiger partial charge in [-0.15, -0.1) is 0 Å². The molecule has 0 amide bonds. The maximum Gasteiger partial charge on any atom is 0.189 e. The molecule has 0 spiro atoms. The molecule has 0 aliphatic heterocycles. The van der Waals surface area contributed by atoms with Crippen LogP contribution in [0.3, 0.4) is 0 Å². The summed E-state index contributed by atoms with van der Waals surface area (Å²) >= 11 is 1.22. The topological polar surface area (TPSA) is 117 Å². The van der Waals surface area contributed by atoms with E-state index in [-0.39, 0.29) is 5.75 Å². The van der Waals surface area contributed by atoms with Gasteiger partial charge in [-0.1, -0.05) is 0 Å². The van der Waals surface area contributed by atoms with E-state index in [0.29, 0.717) is 11.8 Å². The first kappa shape index (κ1) is 11.3. The van der Waals surface area contributed by atoms with Crippen LogP contribution in [0.4, 0.5) is 0 Å². The first-order valence-corrected chi connectivity index (χ1v) is 4.54. The molecule has 0 fully saturated rings. The number of carbonyl (C=O) groups excluding carboxylic acids is 1. The van der Waals surface area contributed by atoms with Gasteiger partial charge in [-0.05, 0) is 11.8 Å². The largest absolute Gasteiger partial charge is 0.298 e. The van der Waals surface area contributed by atoms with Crippen LogP contribution in [0, 0.1) is 21.3 Å². The number of Topliss-reactive ketones (excluding diaryl/α,β-unsaturated/α-hetero) is 1. The molecular weight excluding hydrogens is 196 g/mol. The molecule has 0 aromatic carbocycles. The van der Waals surface area contributed by atoms with Crippen molar-refractivity contribution in [2.45, 2.75) is 4.99 Å². The monoisotopic (exact) mass is 202 g/mol. The van der Waals surface area contributed by atoms with Gasteiger partial charge >= 0.3 is 0 Å². The molecule has 0 saturated heterocycles. The molecule has 0 atom stereocenters. The minimum atomic E-state index is -1.70. The lowest BCUT2D eigenvalue weighted by Gasteiger charge is -2.16. The zero-order chi connectivity index (χ0) is 9.61. The summed E-state index contributed by atoms with van der Waals surface area (Å²) in [7, 11) is 0. The van der Waals surface area contributed by atoms with Crippen LogP contribution in [0.2, 0.25) is 0 Å². The van der Waals surface area contributed by atoms with Crippen molar-refractivity contribution in [2.75, 3.05) is 5.75 Å². The molecule has 0 bridgehead atoms. The molecule has 0 aromatic heterocycles. The average molecular weight is 202 g/mol. The molecule has 0 saturated carbocycles. The maximum atomic E-state index is 11.0. The van der Waals surface area contributed by atoms with Gasteiger partial charge in [-0.3, -0.25) is 16.3 Å². The number of hydrogen-bond donors (Lipinski definition) is 2. The van der Waals surface area contributed by atoms with Gasteiger partial charge < -0.3 is 0 Å². The molecule has 64 valence electrons. The quantitative estimate of drug-likeness (QED) is 0.468. The van der Waals surface area contributed by atoms with E-state index in [4.69, 9.17) is 22.0 Å². The molecule has 0 unspecified atom stereocenters. The number of nitrogens with zero attached hydrogens (tertiary/aromatic N) is 2. The van der Waals surface area contributed by atoms with Crippen molar-refractivity contribution in [2.24, 2.45) is 11.5 Å². The van der Waals surface area contributed by atoms with Crippen molar-refractivity contribution in [1.82, 2.24) is 0 Å². The Balaban J connectivity index is 4.10. The van der Waals surface area contributed by atoms with Crippen LogP contribution in [-0.4, -0.2) is 16.5 Å². The molecule has 12 heavy (non-hydrogen) atoms. The average Bonchev–Trinajstić information content (AvgIpc) is 2.00. The summed E-state index contributed by atoms with van der Waals surface area (Å²) in [5, 5.41) is 19.6. The fourth-order valence-electron chi connectivity index (χ4n) is 0.343. The minimum absolute atomic E-state index is 0.0990. The van der Waals surface area contributed by atoms with E-state index in [1.165, 1.54) is 0 Å². The van der Waals surface area contributed by atoms with Crippen molar-refractivity contribution >= 4 is 29.3 Å². The molecule has 4 N–H and O–H groups in total. The highest BCUT2D eigenvalue weighted by Crippen LogP contribution is 2.14. The molecule has 7 heteroatoms. The Hall–Kier alpha value is -0.730. The number of rotatable bonds is 4. The first-order chi connectivity index (χ1) is 5.54. The molecule has 0 aliphatic carbocycles. The lowest BCUT2D eigenvalue weighted by Crippen LogP contribution is -2.53. The van der Waals surface area contributed by atoms with Crippen molar-refractivity contribution < 1.29 is 4.79 Å². The van der Waals surface area contributed by atoms with E-state index >= 15 is 0 Å². The van der Waals surface area contributed by atoms with Crippen LogP contribution in [0.25, 0.3) is 0 Å². The van der Waals surface area contributed by atoms with Gasteiger partial charge in [0.1, 0.15) is 10.8 Å². The van der Waals surface area contributed by atoms with Crippen LogP contribution in [0.5, 0.6) is 0 Å². The van der Waals surface area contributed by atoms with Gasteiger partial charge in [-0.2, -0.15) is 10.5 Å².